The molecule has 108 valence electrons. The molecule has 0 spiro atoms. The first-order valence-corrected chi connectivity index (χ1v) is 6.42. The number of ether oxygens (including phenoxy) is 2. The molecule has 0 bridgehead atoms. The summed E-state index contributed by atoms with van der Waals surface area (Å²) in [6.45, 7) is 6.29. The molecule has 0 aliphatic carbocycles. The standard InChI is InChI=1S/C15H20N2O3/c1-15(2,3)20-14(18)11-17-10-12-4-6-13(7-5-12)19-9-8-16/h4-7,17H,9-11H2,1-3H3. The Hall–Kier alpha value is -2.06. The van der Waals surface area contributed by atoms with Crippen LogP contribution >= 0.6 is 0 Å². The first-order chi connectivity index (χ1) is 9.40. The van der Waals surface area contributed by atoms with Crippen LogP contribution in [-0.4, -0.2) is 24.7 Å². The molecule has 1 rings (SSSR count). The number of esters is 1. The molecular formula is C15H20N2O3. The molecule has 1 aromatic rings. The number of benzene rings is 1. The molecule has 0 radical (unpaired) electrons. The summed E-state index contributed by atoms with van der Waals surface area (Å²) in [7, 11) is 0. The van der Waals surface area contributed by atoms with Crippen molar-refractivity contribution in [1.82, 2.24) is 5.32 Å². The van der Waals surface area contributed by atoms with Crippen LogP contribution in [0.5, 0.6) is 5.75 Å². The predicted molar refractivity (Wildman–Crippen MR) is 75.1 cm³/mol. The number of carbonyl (C=O) groups excluding carboxylic acids is 1. The number of nitriles is 1. The van der Waals surface area contributed by atoms with Gasteiger partial charge in [0.05, 0.1) is 6.54 Å². The Balaban J connectivity index is 2.32. The molecule has 0 unspecified atom stereocenters. The third-order valence-corrected chi connectivity index (χ3v) is 2.25. The predicted octanol–water partition coefficient (Wildman–Crippen LogP) is 2.02. The van der Waals surface area contributed by atoms with Gasteiger partial charge in [0.2, 0.25) is 0 Å². The lowest BCUT2D eigenvalue weighted by molar-refractivity contribution is -0.153. The smallest absolute Gasteiger partial charge is 0.320 e. The Morgan fingerprint density at radius 1 is 1.30 bits per heavy atom. The van der Waals surface area contributed by atoms with Gasteiger partial charge >= 0.3 is 5.97 Å². The van der Waals surface area contributed by atoms with Crippen molar-refractivity contribution in [2.45, 2.75) is 32.9 Å². The van der Waals surface area contributed by atoms with E-state index in [1.807, 2.05) is 39.0 Å². The quantitative estimate of drug-likeness (QED) is 0.805. The summed E-state index contributed by atoms with van der Waals surface area (Å²) < 4.78 is 10.3. The van der Waals surface area contributed by atoms with Crippen LogP contribution in [0.1, 0.15) is 26.3 Å². The highest BCUT2D eigenvalue weighted by atomic mass is 16.6. The molecular weight excluding hydrogens is 256 g/mol. The fraction of sp³-hybridized carbons (Fsp3) is 0.467. The summed E-state index contributed by atoms with van der Waals surface area (Å²) in [4.78, 5) is 11.5. The highest BCUT2D eigenvalue weighted by Crippen LogP contribution is 2.12. The highest BCUT2D eigenvalue weighted by molar-refractivity contribution is 5.72. The Bertz CT molecular complexity index is 469. The fourth-order valence-corrected chi connectivity index (χ4v) is 1.51. The zero-order chi connectivity index (χ0) is 15.0. The third kappa shape index (κ3) is 6.76. The molecule has 5 heteroatoms. The monoisotopic (exact) mass is 276 g/mol. The van der Waals surface area contributed by atoms with E-state index in [1.54, 1.807) is 12.1 Å². The van der Waals surface area contributed by atoms with Crippen LogP contribution in [0, 0.1) is 11.3 Å². The zero-order valence-electron chi connectivity index (χ0n) is 12.1. The van der Waals surface area contributed by atoms with Crippen LogP contribution in [-0.2, 0) is 16.1 Å². The van der Waals surface area contributed by atoms with E-state index in [1.165, 1.54) is 0 Å². The first kappa shape index (κ1) is 16.0. The minimum absolute atomic E-state index is 0.0379. The van der Waals surface area contributed by atoms with Crippen LogP contribution in [0.3, 0.4) is 0 Å². The Morgan fingerprint density at radius 3 is 2.50 bits per heavy atom. The van der Waals surface area contributed by atoms with E-state index in [9.17, 15) is 4.79 Å². The Labute approximate surface area is 119 Å². The van der Waals surface area contributed by atoms with Crippen molar-refractivity contribution >= 4 is 5.97 Å². The van der Waals surface area contributed by atoms with Crippen LogP contribution < -0.4 is 10.1 Å². The van der Waals surface area contributed by atoms with E-state index < -0.39 is 5.60 Å². The first-order valence-electron chi connectivity index (χ1n) is 6.42. The topological polar surface area (TPSA) is 71.3 Å². The van der Waals surface area contributed by atoms with Crippen molar-refractivity contribution < 1.29 is 14.3 Å². The van der Waals surface area contributed by atoms with Crippen molar-refractivity contribution in [3.63, 3.8) is 0 Å². The normalized spacial score (nSPS) is 10.7. The van der Waals surface area contributed by atoms with E-state index in [4.69, 9.17) is 14.7 Å². The van der Waals surface area contributed by atoms with Gasteiger partial charge in [0.15, 0.2) is 6.61 Å². The van der Waals surface area contributed by atoms with Gasteiger partial charge in [-0.3, -0.25) is 4.79 Å². The van der Waals surface area contributed by atoms with Gasteiger partial charge in [-0.2, -0.15) is 5.26 Å². The van der Waals surface area contributed by atoms with Gasteiger partial charge in [-0.1, -0.05) is 12.1 Å². The average molecular weight is 276 g/mol. The SMILES string of the molecule is CC(C)(C)OC(=O)CNCc1ccc(OCC#N)cc1. The minimum Gasteiger partial charge on any atom is -0.479 e. The third-order valence-electron chi connectivity index (χ3n) is 2.25. The molecule has 0 atom stereocenters. The minimum atomic E-state index is -0.460. The van der Waals surface area contributed by atoms with E-state index in [2.05, 4.69) is 5.32 Å². The zero-order valence-corrected chi connectivity index (χ0v) is 12.1. The molecule has 0 saturated heterocycles. The van der Waals surface area contributed by atoms with Gasteiger partial charge < -0.3 is 14.8 Å². The number of rotatable bonds is 6. The maximum Gasteiger partial charge on any atom is 0.320 e. The largest absolute Gasteiger partial charge is 0.479 e. The molecule has 0 aromatic heterocycles. The van der Waals surface area contributed by atoms with E-state index >= 15 is 0 Å². The van der Waals surface area contributed by atoms with Gasteiger partial charge in [-0.15, -0.1) is 0 Å². The lowest BCUT2D eigenvalue weighted by Gasteiger charge is -2.19. The second-order valence-electron chi connectivity index (χ2n) is 5.28. The number of carbonyl (C=O) groups is 1. The summed E-state index contributed by atoms with van der Waals surface area (Å²) in [5.74, 6) is 0.383. The van der Waals surface area contributed by atoms with Crippen LogP contribution in [0.15, 0.2) is 24.3 Å². The van der Waals surface area contributed by atoms with Gasteiger partial charge in [0.1, 0.15) is 17.4 Å². The summed E-state index contributed by atoms with van der Waals surface area (Å²) >= 11 is 0. The number of nitrogens with zero attached hydrogens (tertiary/aromatic N) is 1. The van der Waals surface area contributed by atoms with Crippen molar-refractivity contribution in [1.29, 1.82) is 5.26 Å². The highest BCUT2D eigenvalue weighted by Gasteiger charge is 2.15. The Morgan fingerprint density at radius 2 is 1.95 bits per heavy atom. The maximum absolute atomic E-state index is 11.5. The van der Waals surface area contributed by atoms with Gasteiger partial charge in [-0.05, 0) is 38.5 Å². The van der Waals surface area contributed by atoms with E-state index in [0.717, 1.165) is 5.56 Å². The molecule has 0 aliphatic rings. The van der Waals surface area contributed by atoms with Crippen LogP contribution in [0.4, 0.5) is 0 Å². The molecule has 20 heavy (non-hydrogen) atoms. The molecule has 1 aromatic carbocycles. The summed E-state index contributed by atoms with van der Waals surface area (Å²) in [6.07, 6.45) is 0. The van der Waals surface area contributed by atoms with Crippen molar-refractivity contribution in [3.05, 3.63) is 29.8 Å². The van der Waals surface area contributed by atoms with Gasteiger partial charge in [0, 0.05) is 6.54 Å². The molecule has 1 N–H and O–H groups in total. The second-order valence-corrected chi connectivity index (χ2v) is 5.28. The molecule has 0 amide bonds. The Kier molecular flexibility index (Phi) is 6.01. The lowest BCUT2D eigenvalue weighted by atomic mass is 10.2. The number of hydrogen-bond acceptors (Lipinski definition) is 5. The summed E-state index contributed by atoms with van der Waals surface area (Å²) in [5, 5.41) is 11.4. The van der Waals surface area contributed by atoms with E-state index in [-0.39, 0.29) is 19.1 Å². The molecule has 0 fully saturated rings. The number of hydrogen-bond donors (Lipinski definition) is 1. The van der Waals surface area contributed by atoms with Crippen LogP contribution in [0.2, 0.25) is 0 Å². The summed E-state index contributed by atoms with van der Waals surface area (Å²) in [5.41, 5.74) is 0.566. The van der Waals surface area contributed by atoms with Crippen molar-refractivity contribution in [2.75, 3.05) is 13.2 Å². The second kappa shape index (κ2) is 7.51. The van der Waals surface area contributed by atoms with Gasteiger partial charge in [-0.25, -0.2) is 0 Å². The molecule has 5 nitrogen and oxygen atoms in total. The van der Waals surface area contributed by atoms with Crippen molar-refractivity contribution in [2.24, 2.45) is 0 Å². The maximum atomic E-state index is 11.5. The lowest BCUT2D eigenvalue weighted by Crippen LogP contribution is -2.31. The van der Waals surface area contributed by atoms with Crippen LogP contribution in [0.25, 0.3) is 0 Å². The van der Waals surface area contributed by atoms with E-state index in [0.29, 0.717) is 12.3 Å². The number of nitrogens with one attached hydrogen (secondary N) is 1. The molecule has 0 heterocycles. The molecule has 0 saturated carbocycles. The summed E-state index contributed by atoms with van der Waals surface area (Å²) in [6, 6.07) is 9.26. The fourth-order valence-electron chi connectivity index (χ4n) is 1.51. The average Bonchev–Trinajstić information content (AvgIpc) is 2.35. The van der Waals surface area contributed by atoms with Gasteiger partial charge in [0.25, 0.3) is 0 Å². The van der Waals surface area contributed by atoms with Crippen molar-refractivity contribution in [3.8, 4) is 11.8 Å². The molecule has 0 aliphatic heterocycles.